The van der Waals surface area contributed by atoms with Gasteiger partial charge in [0.25, 0.3) is 0 Å². The molecule has 5 nitrogen and oxygen atoms in total. The van der Waals surface area contributed by atoms with Crippen LogP contribution in [0.15, 0.2) is 18.2 Å². The van der Waals surface area contributed by atoms with Crippen molar-refractivity contribution in [1.29, 1.82) is 0 Å². The number of nitrogens with one attached hydrogen (secondary N) is 1. The lowest BCUT2D eigenvalue weighted by Crippen LogP contribution is -2.40. The van der Waals surface area contributed by atoms with Gasteiger partial charge in [0.15, 0.2) is 17.6 Å². The molecule has 0 aromatic heterocycles. The van der Waals surface area contributed by atoms with Gasteiger partial charge in [-0.2, -0.15) is 13.2 Å². The van der Waals surface area contributed by atoms with Crippen LogP contribution in [0, 0.1) is 11.2 Å². The molecule has 134 valence electrons. The second-order valence-corrected chi connectivity index (χ2v) is 5.79. The zero-order chi connectivity index (χ0) is 18.7. The van der Waals surface area contributed by atoms with Crippen LogP contribution in [0.1, 0.15) is 31.9 Å². The highest BCUT2D eigenvalue weighted by Gasteiger charge is 2.48. The molecule has 0 bridgehead atoms. The number of hydrogen-bond acceptors (Lipinski definition) is 3. The number of halogens is 4. The van der Waals surface area contributed by atoms with Gasteiger partial charge in [0.2, 0.25) is 5.91 Å². The van der Waals surface area contributed by atoms with E-state index >= 15 is 0 Å². The normalized spacial score (nSPS) is 13.3. The van der Waals surface area contributed by atoms with Crippen LogP contribution in [0.5, 0.6) is 5.75 Å². The van der Waals surface area contributed by atoms with Gasteiger partial charge in [0, 0.05) is 6.42 Å². The lowest BCUT2D eigenvalue weighted by Gasteiger charge is -2.27. The van der Waals surface area contributed by atoms with Gasteiger partial charge in [-0.05, 0) is 17.7 Å². The first-order valence-corrected chi connectivity index (χ1v) is 6.81. The fraction of sp³-hybridized carbons (Fsp3) is 0.467. The second kappa shape index (κ2) is 7.06. The van der Waals surface area contributed by atoms with Crippen molar-refractivity contribution in [3.8, 4) is 5.75 Å². The summed E-state index contributed by atoms with van der Waals surface area (Å²) in [6.45, 7) is 1.66. The quantitative estimate of drug-likeness (QED) is 0.773. The van der Waals surface area contributed by atoms with Crippen molar-refractivity contribution < 1.29 is 37.0 Å². The molecular formula is C15H17F4NO4. The Hall–Kier alpha value is -2.32. The fourth-order valence-corrected chi connectivity index (χ4v) is 1.86. The van der Waals surface area contributed by atoms with Crippen LogP contribution in [0.3, 0.4) is 0 Å². The summed E-state index contributed by atoms with van der Waals surface area (Å²) in [5.41, 5.74) is -2.45. The van der Waals surface area contributed by atoms with Gasteiger partial charge in [-0.15, -0.1) is 0 Å². The molecule has 0 aliphatic rings. The van der Waals surface area contributed by atoms with Crippen LogP contribution in [0.2, 0.25) is 0 Å². The lowest BCUT2D eigenvalue weighted by molar-refractivity contribution is -0.213. The number of carboxylic acid groups (broad SMARTS) is 1. The van der Waals surface area contributed by atoms with Gasteiger partial charge in [-0.3, -0.25) is 4.79 Å². The standard InChI is InChI=1S/C15H17F4NO4/c1-14(2,15(17,18)19)7-11(21)20-12(13(22)23)8-4-5-10(24-3)9(16)6-8/h4-6,12H,7H2,1-3H3,(H,20,21)(H,22,23). The van der Waals surface area contributed by atoms with Gasteiger partial charge in [0.1, 0.15) is 0 Å². The third-order valence-corrected chi connectivity index (χ3v) is 3.43. The van der Waals surface area contributed by atoms with Crippen molar-refractivity contribution in [2.75, 3.05) is 7.11 Å². The van der Waals surface area contributed by atoms with E-state index in [1.54, 1.807) is 0 Å². The van der Waals surface area contributed by atoms with E-state index in [9.17, 15) is 27.2 Å². The maximum atomic E-state index is 13.7. The minimum Gasteiger partial charge on any atom is -0.494 e. The zero-order valence-electron chi connectivity index (χ0n) is 13.2. The predicted molar refractivity (Wildman–Crippen MR) is 75.9 cm³/mol. The smallest absolute Gasteiger partial charge is 0.394 e. The average Bonchev–Trinajstić information content (AvgIpc) is 2.42. The molecule has 0 saturated heterocycles. The molecule has 0 heterocycles. The number of rotatable bonds is 6. The summed E-state index contributed by atoms with van der Waals surface area (Å²) >= 11 is 0. The van der Waals surface area contributed by atoms with E-state index in [0.29, 0.717) is 0 Å². The van der Waals surface area contributed by atoms with Crippen LogP contribution in [0.25, 0.3) is 0 Å². The maximum Gasteiger partial charge on any atom is 0.394 e. The van der Waals surface area contributed by atoms with E-state index < -0.39 is 41.7 Å². The van der Waals surface area contributed by atoms with Crippen LogP contribution in [-0.4, -0.2) is 30.3 Å². The summed E-state index contributed by atoms with van der Waals surface area (Å²) < 4.78 is 56.7. The molecule has 1 unspecified atom stereocenters. The number of carbonyl (C=O) groups excluding carboxylic acids is 1. The Labute approximate surface area is 135 Å². The maximum absolute atomic E-state index is 13.7. The van der Waals surface area contributed by atoms with Crippen LogP contribution in [0.4, 0.5) is 17.6 Å². The molecule has 1 atom stereocenters. The first-order valence-electron chi connectivity index (χ1n) is 6.81. The van der Waals surface area contributed by atoms with E-state index in [-0.39, 0.29) is 11.3 Å². The SMILES string of the molecule is COc1ccc(C(NC(=O)CC(C)(C)C(F)(F)F)C(=O)O)cc1F. The number of alkyl halides is 3. The van der Waals surface area contributed by atoms with Crippen molar-refractivity contribution >= 4 is 11.9 Å². The van der Waals surface area contributed by atoms with E-state index in [2.05, 4.69) is 4.74 Å². The summed E-state index contributed by atoms with van der Waals surface area (Å²) in [7, 11) is 1.22. The van der Waals surface area contributed by atoms with Crippen molar-refractivity contribution in [2.24, 2.45) is 5.41 Å². The summed E-state index contributed by atoms with van der Waals surface area (Å²) in [6.07, 6.45) is -5.59. The molecular weight excluding hydrogens is 334 g/mol. The molecule has 2 N–H and O–H groups in total. The van der Waals surface area contributed by atoms with Crippen molar-refractivity contribution in [2.45, 2.75) is 32.5 Å². The van der Waals surface area contributed by atoms with Gasteiger partial charge >= 0.3 is 12.1 Å². The zero-order valence-corrected chi connectivity index (χ0v) is 13.2. The molecule has 1 amide bonds. The monoisotopic (exact) mass is 351 g/mol. The molecule has 1 aromatic rings. The molecule has 1 rings (SSSR count). The topological polar surface area (TPSA) is 75.6 Å². The van der Waals surface area contributed by atoms with Crippen LogP contribution in [-0.2, 0) is 9.59 Å². The first kappa shape index (κ1) is 19.7. The van der Waals surface area contributed by atoms with Gasteiger partial charge in [0.05, 0.1) is 12.5 Å². The average molecular weight is 351 g/mol. The van der Waals surface area contributed by atoms with E-state index in [1.807, 2.05) is 5.32 Å². The van der Waals surface area contributed by atoms with Crippen LogP contribution >= 0.6 is 0 Å². The molecule has 9 heteroatoms. The highest BCUT2D eigenvalue weighted by molar-refractivity contribution is 5.84. The minimum atomic E-state index is -4.63. The van der Waals surface area contributed by atoms with Gasteiger partial charge < -0.3 is 15.2 Å². The third-order valence-electron chi connectivity index (χ3n) is 3.43. The largest absolute Gasteiger partial charge is 0.494 e. The molecule has 0 spiro atoms. The number of benzene rings is 1. The summed E-state index contributed by atoms with van der Waals surface area (Å²) in [5, 5.41) is 11.1. The summed E-state index contributed by atoms with van der Waals surface area (Å²) in [4.78, 5) is 23.1. The van der Waals surface area contributed by atoms with E-state index in [0.717, 1.165) is 26.0 Å². The highest BCUT2D eigenvalue weighted by atomic mass is 19.4. The molecule has 0 saturated carbocycles. The molecule has 0 aliphatic carbocycles. The lowest BCUT2D eigenvalue weighted by atomic mass is 9.88. The number of carbonyl (C=O) groups is 2. The Morgan fingerprint density at radius 1 is 1.29 bits per heavy atom. The van der Waals surface area contributed by atoms with E-state index in [4.69, 9.17) is 5.11 Å². The molecule has 0 radical (unpaired) electrons. The van der Waals surface area contributed by atoms with Crippen molar-refractivity contribution in [3.63, 3.8) is 0 Å². The van der Waals surface area contributed by atoms with Crippen LogP contribution < -0.4 is 10.1 Å². The highest BCUT2D eigenvalue weighted by Crippen LogP contribution is 2.40. The Morgan fingerprint density at radius 3 is 2.29 bits per heavy atom. The molecule has 0 aliphatic heterocycles. The fourth-order valence-electron chi connectivity index (χ4n) is 1.86. The summed E-state index contributed by atoms with van der Waals surface area (Å²) in [5.74, 6) is -3.63. The van der Waals surface area contributed by atoms with E-state index in [1.165, 1.54) is 13.2 Å². The summed E-state index contributed by atoms with van der Waals surface area (Å²) in [6, 6.07) is 1.52. The van der Waals surface area contributed by atoms with Crippen molar-refractivity contribution in [1.82, 2.24) is 5.32 Å². The third kappa shape index (κ3) is 4.59. The number of hydrogen-bond donors (Lipinski definition) is 2. The minimum absolute atomic E-state index is 0.126. The molecule has 1 aromatic carbocycles. The number of methoxy groups -OCH3 is 1. The molecule has 24 heavy (non-hydrogen) atoms. The Bertz CT molecular complexity index is 628. The number of aliphatic carboxylic acids is 1. The Kier molecular flexibility index (Phi) is 5.80. The Balaban J connectivity index is 2.97. The number of amides is 1. The predicted octanol–water partition coefficient (Wildman–Crippen LogP) is 3.05. The van der Waals surface area contributed by atoms with Gasteiger partial charge in [-0.1, -0.05) is 19.9 Å². The number of ether oxygens (including phenoxy) is 1. The Morgan fingerprint density at radius 2 is 1.88 bits per heavy atom. The second-order valence-electron chi connectivity index (χ2n) is 5.79. The number of carboxylic acids is 1. The van der Waals surface area contributed by atoms with Crippen molar-refractivity contribution in [3.05, 3.63) is 29.6 Å². The van der Waals surface area contributed by atoms with Gasteiger partial charge in [-0.25, -0.2) is 9.18 Å². The first-order chi connectivity index (χ1) is 10.9. The molecule has 0 fully saturated rings.